The van der Waals surface area contributed by atoms with E-state index in [1.807, 2.05) is 30.3 Å². The van der Waals surface area contributed by atoms with Gasteiger partial charge < -0.3 is 9.80 Å². The van der Waals surface area contributed by atoms with Crippen LogP contribution in [0, 0.1) is 11.6 Å². The first-order valence-electron chi connectivity index (χ1n) is 8.77. The third kappa shape index (κ3) is 4.24. The fourth-order valence-electron chi connectivity index (χ4n) is 3.18. The maximum atomic E-state index is 14.0. The first-order valence-corrected chi connectivity index (χ1v) is 8.77. The van der Waals surface area contributed by atoms with Crippen molar-refractivity contribution in [2.24, 2.45) is 0 Å². The number of rotatable bonds is 4. The summed E-state index contributed by atoms with van der Waals surface area (Å²) in [6.07, 6.45) is 0. The third-order valence-electron chi connectivity index (χ3n) is 4.63. The predicted molar refractivity (Wildman–Crippen MR) is 99.6 cm³/mol. The lowest BCUT2D eigenvalue weighted by atomic mass is 10.2. The van der Waals surface area contributed by atoms with E-state index in [1.54, 1.807) is 4.90 Å². The molecular formula is C20H21F2N3O2. The number of piperazine rings is 1. The van der Waals surface area contributed by atoms with Crippen molar-refractivity contribution in [3.63, 3.8) is 0 Å². The number of anilines is 2. The van der Waals surface area contributed by atoms with E-state index in [-0.39, 0.29) is 5.91 Å². The van der Waals surface area contributed by atoms with E-state index < -0.39 is 29.8 Å². The summed E-state index contributed by atoms with van der Waals surface area (Å²) in [4.78, 5) is 29.2. The van der Waals surface area contributed by atoms with Gasteiger partial charge in [0.15, 0.2) is 0 Å². The lowest BCUT2D eigenvalue weighted by Crippen LogP contribution is -2.52. The van der Waals surface area contributed by atoms with Gasteiger partial charge in [-0.15, -0.1) is 0 Å². The van der Waals surface area contributed by atoms with Crippen LogP contribution in [0.3, 0.4) is 0 Å². The molecular weight excluding hydrogens is 352 g/mol. The first kappa shape index (κ1) is 18.8. The summed E-state index contributed by atoms with van der Waals surface area (Å²) >= 11 is 0. The van der Waals surface area contributed by atoms with Gasteiger partial charge in [-0.1, -0.05) is 24.3 Å². The van der Waals surface area contributed by atoms with Crippen molar-refractivity contribution in [3.05, 3.63) is 60.2 Å². The van der Waals surface area contributed by atoms with Gasteiger partial charge in [0, 0.05) is 38.8 Å². The summed E-state index contributed by atoms with van der Waals surface area (Å²) in [6, 6.07) is 13.2. The summed E-state index contributed by atoms with van der Waals surface area (Å²) in [5.41, 5.74) is 0.602. The molecule has 0 atom stereocenters. The molecule has 0 N–H and O–H groups in total. The average molecular weight is 373 g/mol. The molecule has 3 rings (SSSR count). The van der Waals surface area contributed by atoms with Crippen LogP contribution < -0.4 is 9.80 Å². The second kappa shape index (κ2) is 8.16. The quantitative estimate of drug-likeness (QED) is 0.828. The van der Waals surface area contributed by atoms with Crippen molar-refractivity contribution in [3.8, 4) is 0 Å². The van der Waals surface area contributed by atoms with Crippen LogP contribution in [0.5, 0.6) is 0 Å². The summed E-state index contributed by atoms with van der Waals surface area (Å²) in [5, 5.41) is 0. The standard InChI is InChI=1S/C20H21F2N3O2/c1-15(26)25(20-17(21)8-5-9-18(20)22)14-19(27)24-12-10-23(11-13-24)16-6-3-2-4-7-16/h2-9H,10-14H2,1H3. The zero-order chi connectivity index (χ0) is 19.4. The second-order valence-electron chi connectivity index (χ2n) is 6.38. The van der Waals surface area contributed by atoms with E-state index in [9.17, 15) is 18.4 Å². The molecule has 27 heavy (non-hydrogen) atoms. The van der Waals surface area contributed by atoms with E-state index in [2.05, 4.69) is 4.90 Å². The van der Waals surface area contributed by atoms with Crippen molar-refractivity contribution in [2.45, 2.75) is 6.92 Å². The lowest BCUT2D eigenvalue weighted by Gasteiger charge is -2.37. The highest BCUT2D eigenvalue weighted by Gasteiger charge is 2.27. The normalized spacial score (nSPS) is 14.2. The minimum absolute atomic E-state index is 0.333. The molecule has 1 aliphatic heterocycles. The van der Waals surface area contributed by atoms with Gasteiger partial charge >= 0.3 is 0 Å². The molecule has 1 fully saturated rings. The van der Waals surface area contributed by atoms with Crippen molar-refractivity contribution in [1.82, 2.24) is 4.90 Å². The molecule has 0 aromatic heterocycles. The molecule has 0 saturated carbocycles. The highest BCUT2D eigenvalue weighted by Crippen LogP contribution is 2.24. The number of carbonyl (C=O) groups is 2. The molecule has 142 valence electrons. The summed E-state index contributed by atoms with van der Waals surface area (Å²) in [7, 11) is 0. The maximum Gasteiger partial charge on any atom is 0.242 e. The van der Waals surface area contributed by atoms with Crippen molar-refractivity contribution in [1.29, 1.82) is 0 Å². The van der Waals surface area contributed by atoms with Crippen LogP contribution in [0.4, 0.5) is 20.2 Å². The van der Waals surface area contributed by atoms with Crippen LogP contribution in [-0.2, 0) is 9.59 Å². The van der Waals surface area contributed by atoms with Gasteiger partial charge in [-0.2, -0.15) is 0 Å². The van der Waals surface area contributed by atoms with Gasteiger partial charge in [-0.25, -0.2) is 8.78 Å². The smallest absolute Gasteiger partial charge is 0.242 e. The molecule has 1 heterocycles. The lowest BCUT2D eigenvalue weighted by molar-refractivity contribution is -0.131. The number of carbonyl (C=O) groups excluding carboxylic acids is 2. The van der Waals surface area contributed by atoms with E-state index in [1.165, 1.54) is 13.0 Å². The highest BCUT2D eigenvalue weighted by atomic mass is 19.1. The molecule has 0 radical (unpaired) electrons. The average Bonchev–Trinajstić information content (AvgIpc) is 2.67. The fraction of sp³-hybridized carbons (Fsp3) is 0.300. The Kier molecular flexibility index (Phi) is 5.69. The molecule has 7 heteroatoms. The number of hydrogen-bond donors (Lipinski definition) is 0. The molecule has 5 nitrogen and oxygen atoms in total. The Hall–Kier alpha value is -2.96. The van der Waals surface area contributed by atoms with E-state index in [4.69, 9.17) is 0 Å². The summed E-state index contributed by atoms with van der Waals surface area (Å²) < 4.78 is 28.1. The molecule has 2 amide bonds. The Labute approximate surface area is 156 Å². The van der Waals surface area contributed by atoms with Crippen LogP contribution in [0.2, 0.25) is 0 Å². The van der Waals surface area contributed by atoms with Gasteiger partial charge in [-0.05, 0) is 24.3 Å². The molecule has 0 spiro atoms. The van der Waals surface area contributed by atoms with Gasteiger partial charge in [0.25, 0.3) is 0 Å². The van der Waals surface area contributed by atoms with E-state index in [0.717, 1.165) is 22.7 Å². The zero-order valence-electron chi connectivity index (χ0n) is 15.1. The molecule has 0 unspecified atom stereocenters. The molecule has 0 aliphatic carbocycles. The molecule has 0 bridgehead atoms. The maximum absolute atomic E-state index is 14.0. The van der Waals surface area contributed by atoms with E-state index >= 15 is 0 Å². The third-order valence-corrected chi connectivity index (χ3v) is 4.63. The van der Waals surface area contributed by atoms with Gasteiger partial charge in [0.05, 0.1) is 0 Å². The largest absolute Gasteiger partial charge is 0.368 e. The van der Waals surface area contributed by atoms with E-state index in [0.29, 0.717) is 26.2 Å². The predicted octanol–water partition coefficient (Wildman–Crippen LogP) is 2.67. The van der Waals surface area contributed by atoms with Crippen molar-refractivity contribution < 1.29 is 18.4 Å². The van der Waals surface area contributed by atoms with Crippen molar-refractivity contribution in [2.75, 3.05) is 42.5 Å². The second-order valence-corrected chi connectivity index (χ2v) is 6.38. The highest BCUT2D eigenvalue weighted by molar-refractivity contribution is 5.97. The minimum atomic E-state index is -0.869. The number of para-hydroxylation sites is 2. The van der Waals surface area contributed by atoms with Crippen LogP contribution in [0.1, 0.15) is 6.92 Å². The van der Waals surface area contributed by atoms with Crippen LogP contribution >= 0.6 is 0 Å². The zero-order valence-corrected chi connectivity index (χ0v) is 15.1. The number of benzene rings is 2. The fourth-order valence-corrected chi connectivity index (χ4v) is 3.18. The number of amides is 2. The Morgan fingerprint density at radius 1 is 0.926 bits per heavy atom. The Bertz CT molecular complexity index is 801. The Balaban J connectivity index is 1.66. The monoisotopic (exact) mass is 373 g/mol. The SMILES string of the molecule is CC(=O)N(CC(=O)N1CCN(c2ccccc2)CC1)c1c(F)cccc1F. The van der Waals surface area contributed by atoms with Crippen LogP contribution in [0.25, 0.3) is 0 Å². The van der Waals surface area contributed by atoms with Crippen molar-refractivity contribution >= 4 is 23.2 Å². The van der Waals surface area contributed by atoms with Gasteiger partial charge in [-0.3, -0.25) is 14.5 Å². The Morgan fingerprint density at radius 3 is 2.07 bits per heavy atom. The first-order chi connectivity index (χ1) is 13.0. The number of hydrogen-bond acceptors (Lipinski definition) is 3. The van der Waals surface area contributed by atoms with Crippen LogP contribution in [0.15, 0.2) is 48.5 Å². The summed E-state index contributed by atoms with van der Waals surface area (Å²) in [6.45, 7) is 3.08. The molecule has 1 aliphatic rings. The minimum Gasteiger partial charge on any atom is -0.368 e. The molecule has 1 saturated heterocycles. The van der Waals surface area contributed by atoms with Crippen LogP contribution in [-0.4, -0.2) is 49.4 Å². The van der Waals surface area contributed by atoms with Gasteiger partial charge in [0.1, 0.15) is 23.9 Å². The molecule has 2 aromatic carbocycles. The Morgan fingerprint density at radius 2 is 1.52 bits per heavy atom. The summed E-state index contributed by atoms with van der Waals surface area (Å²) in [5.74, 6) is -2.66. The topological polar surface area (TPSA) is 43.9 Å². The molecule has 2 aromatic rings. The van der Waals surface area contributed by atoms with Gasteiger partial charge in [0.2, 0.25) is 11.8 Å². The number of halogens is 2. The number of nitrogens with zero attached hydrogens (tertiary/aromatic N) is 3.